The van der Waals surface area contributed by atoms with E-state index in [-0.39, 0.29) is 18.1 Å². The number of morpholine rings is 1. The van der Waals surface area contributed by atoms with Crippen LogP contribution in [0.2, 0.25) is 10.0 Å². The minimum Gasteiger partial charge on any atom is -0.493 e. The predicted octanol–water partition coefficient (Wildman–Crippen LogP) is 6.84. The van der Waals surface area contributed by atoms with E-state index in [9.17, 15) is 4.79 Å². The van der Waals surface area contributed by atoms with Gasteiger partial charge in [-0.05, 0) is 51.5 Å². The van der Waals surface area contributed by atoms with Gasteiger partial charge >= 0.3 is 0 Å². The summed E-state index contributed by atoms with van der Waals surface area (Å²) in [5.41, 5.74) is 4.00. The van der Waals surface area contributed by atoms with Gasteiger partial charge in [0.1, 0.15) is 11.3 Å². The van der Waals surface area contributed by atoms with Gasteiger partial charge < -0.3 is 18.8 Å². The molecule has 1 aliphatic heterocycles. The maximum atomic E-state index is 13.0. The van der Waals surface area contributed by atoms with Gasteiger partial charge in [0.05, 0.1) is 30.1 Å². The van der Waals surface area contributed by atoms with E-state index in [1.54, 1.807) is 24.5 Å². The third-order valence-corrected chi connectivity index (χ3v) is 6.24. The van der Waals surface area contributed by atoms with Crippen molar-refractivity contribution in [3.05, 3.63) is 58.3 Å². The highest BCUT2D eigenvalue weighted by molar-refractivity contribution is 6.36. The molecule has 7 heteroatoms. The highest BCUT2D eigenvalue weighted by atomic mass is 35.5. The number of carbonyl (C=O) groups excluding carboxylic acids is 1. The van der Waals surface area contributed by atoms with Crippen LogP contribution in [0.25, 0.3) is 27.7 Å². The third-order valence-electron chi connectivity index (χ3n) is 5.69. The number of carbonyl (C=O) groups is 1. The van der Waals surface area contributed by atoms with E-state index in [4.69, 9.17) is 37.1 Å². The molecule has 1 saturated heterocycles. The van der Waals surface area contributed by atoms with E-state index >= 15 is 0 Å². The second-order valence-electron chi connectivity index (χ2n) is 8.38. The van der Waals surface area contributed by atoms with Crippen LogP contribution in [-0.2, 0) is 9.53 Å². The third kappa shape index (κ3) is 5.06. The highest BCUT2D eigenvalue weighted by Gasteiger charge is 2.25. The minimum atomic E-state index is -0.0368. The molecule has 5 nitrogen and oxygen atoms in total. The molecular weight excluding hydrogens is 461 g/mol. The van der Waals surface area contributed by atoms with Crippen molar-refractivity contribution in [2.24, 2.45) is 0 Å². The quantitative estimate of drug-likeness (QED) is 0.369. The van der Waals surface area contributed by atoms with Crippen LogP contribution in [0.1, 0.15) is 33.3 Å². The second-order valence-corrected chi connectivity index (χ2v) is 9.22. The van der Waals surface area contributed by atoms with E-state index in [2.05, 4.69) is 0 Å². The van der Waals surface area contributed by atoms with Crippen LogP contribution in [0.4, 0.5) is 0 Å². The first-order valence-corrected chi connectivity index (χ1v) is 11.8. The Morgan fingerprint density at radius 2 is 1.88 bits per heavy atom. The van der Waals surface area contributed by atoms with Gasteiger partial charge in [0, 0.05) is 52.3 Å². The first-order valence-electron chi connectivity index (χ1n) is 11.0. The fourth-order valence-corrected chi connectivity index (χ4v) is 4.78. The summed E-state index contributed by atoms with van der Waals surface area (Å²) in [6.45, 7) is 9.46. The van der Waals surface area contributed by atoms with E-state index in [1.165, 1.54) is 0 Å². The molecular formula is C26H27Cl2NO4. The van der Waals surface area contributed by atoms with Crippen LogP contribution < -0.4 is 4.74 Å². The number of ether oxygens (including phenoxy) is 2. The number of halogens is 2. The number of hydrogen-bond donors (Lipinski definition) is 0. The predicted molar refractivity (Wildman–Crippen MR) is 133 cm³/mol. The van der Waals surface area contributed by atoms with E-state index in [0.29, 0.717) is 41.1 Å². The lowest BCUT2D eigenvalue weighted by Gasteiger charge is -2.34. The Balaban J connectivity index is 1.76. The number of furan rings is 1. The molecule has 1 aliphatic rings. The molecule has 2 aromatic carbocycles. The number of allylic oxidation sites excluding steroid dienone is 1. The molecule has 2 heterocycles. The number of benzene rings is 2. The Labute approximate surface area is 203 Å². The van der Waals surface area contributed by atoms with Crippen LogP contribution in [-0.4, -0.2) is 42.7 Å². The number of rotatable bonds is 5. The van der Waals surface area contributed by atoms with Crippen LogP contribution in [0.3, 0.4) is 0 Å². The Hall–Kier alpha value is -2.47. The van der Waals surface area contributed by atoms with Crippen molar-refractivity contribution in [2.45, 2.75) is 39.9 Å². The summed E-state index contributed by atoms with van der Waals surface area (Å²) in [5.74, 6) is 0.628. The molecule has 2 unspecified atom stereocenters. The lowest BCUT2D eigenvalue weighted by Crippen LogP contribution is -2.47. The second kappa shape index (κ2) is 9.80. The van der Waals surface area contributed by atoms with Gasteiger partial charge in [0.2, 0.25) is 5.91 Å². The molecule has 3 aromatic rings. The summed E-state index contributed by atoms with van der Waals surface area (Å²) in [7, 11) is 0. The van der Waals surface area contributed by atoms with Crippen molar-refractivity contribution in [2.75, 3.05) is 19.7 Å². The lowest BCUT2D eigenvalue weighted by atomic mass is 9.99. The van der Waals surface area contributed by atoms with Gasteiger partial charge in [0.25, 0.3) is 0 Å². The first kappa shape index (κ1) is 23.7. The summed E-state index contributed by atoms with van der Waals surface area (Å²) in [6, 6.07) is 9.24. The molecule has 0 radical (unpaired) electrons. The van der Waals surface area contributed by atoms with Gasteiger partial charge in [-0.3, -0.25) is 4.79 Å². The summed E-state index contributed by atoms with van der Waals surface area (Å²) < 4.78 is 17.5. The molecule has 0 bridgehead atoms. The number of amides is 1. The van der Waals surface area contributed by atoms with Gasteiger partial charge in [-0.1, -0.05) is 29.3 Å². The summed E-state index contributed by atoms with van der Waals surface area (Å²) in [4.78, 5) is 14.9. The molecule has 0 N–H and O–H groups in total. The fraction of sp³-hybridized carbons (Fsp3) is 0.346. The molecule has 0 aliphatic carbocycles. The first-order chi connectivity index (χ1) is 15.8. The Morgan fingerprint density at radius 3 is 2.55 bits per heavy atom. The van der Waals surface area contributed by atoms with Gasteiger partial charge in [-0.25, -0.2) is 0 Å². The standard InChI is InChI=1S/C26H27Cl2NO4/c1-5-31-24-11-25-21(22(14-32-25)19-7-6-18(27)9-23(19)28)10-20(24)15(2)8-26(30)29-12-16(3)33-17(4)13-29/h6-11,14,16-17H,5,12-13H2,1-4H3/b15-8+. The van der Waals surface area contributed by atoms with Gasteiger partial charge in [0.15, 0.2) is 0 Å². The van der Waals surface area contributed by atoms with Crippen molar-refractivity contribution in [3.8, 4) is 16.9 Å². The monoisotopic (exact) mass is 487 g/mol. The average Bonchev–Trinajstić information content (AvgIpc) is 3.15. The van der Waals surface area contributed by atoms with Crippen LogP contribution in [0, 0.1) is 0 Å². The topological polar surface area (TPSA) is 51.9 Å². The lowest BCUT2D eigenvalue weighted by molar-refractivity contribution is -0.137. The summed E-state index contributed by atoms with van der Waals surface area (Å²) >= 11 is 12.5. The average molecular weight is 488 g/mol. The number of fused-ring (bicyclic) bond motifs is 1. The zero-order valence-corrected chi connectivity index (χ0v) is 20.7. The molecule has 4 rings (SSSR count). The van der Waals surface area contributed by atoms with Crippen molar-refractivity contribution in [1.82, 2.24) is 4.90 Å². The normalized spacial score (nSPS) is 19.2. The minimum absolute atomic E-state index is 0.0133. The molecule has 174 valence electrons. The van der Waals surface area contributed by atoms with Crippen LogP contribution in [0.5, 0.6) is 5.75 Å². The van der Waals surface area contributed by atoms with Crippen molar-refractivity contribution >= 4 is 45.7 Å². The van der Waals surface area contributed by atoms with Crippen molar-refractivity contribution in [1.29, 1.82) is 0 Å². The van der Waals surface area contributed by atoms with Crippen molar-refractivity contribution in [3.63, 3.8) is 0 Å². The van der Waals surface area contributed by atoms with E-state index in [1.807, 2.05) is 50.8 Å². The largest absolute Gasteiger partial charge is 0.493 e. The maximum absolute atomic E-state index is 13.0. The zero-order chi connectivity index (χ0) is 23.7. The molecule has 0 saturated carbocycles. The molecule has 33 heavy (non-hydrogen) atoms. The Bertz CT molecular complexity index is 1210. The zero-order valence-electron chi connectivity index (χ0n) is 19.2. The Morgan fingerprint density at radius 1 is 1.15 bits per heavy atom. The molecule has 1 amide bonds. The van der Waals surface area contributed by atoms with Crippen LogP contribution >= 0.6 is 23.2 Å². The number of nitrogens with zero attached hydrogens (tertiary/aromatic N) is 1. The maximum Gasteiger partial charge on any atom is 0.247 e. The smallest absolute Gasteiger partial charge is 0.247 e. The van der Waals surface area contributed by atoms with Gasteiger partial charge in [-0.2, -0.15) is 0 Å². The summed E-state index contributed by atoms with van der Waals surface area (Å²) in [5, 5.41) is 1.99. The summed E-state index contributed by atoms with van der Waals surface area (Å²) in [6.07, 6.45) is 3.38. The SMILES string of the molecule is CCOc1cc2occ(-c3ccc(Cl)cc3Cl)c2cc1/C(C)=C/C(=O)N1CC(C)OC(C)C1. The highest BCUT2D eigenvalue weighted by Crippen LogP contribution is 2.40. The van der Waals surface area contributed by atoms with Crippen LogP contribution in [0.15, 0.2) is 47.1 Å². The van der Waals surface area contributed by atoms with E-state index < -0.39 is 0 Å². The number of hydrogen-bond acceptors (Lipinski definition) is 4. The molecule has 2 atom stereocenters. The van der Waals surface area contributed by atoms with Crippen molar-refractivity contribution < 1.29 is 18.7 Å². The van der Waals surface area contributed by atoms with E-state index in [0.717, 1.165) is 27.6 Å². The Kier molecular flexibility index (Phi) is 7.03. The van der Waals surface area contributed by atoms with Gasteiger partial charge in [-0.15, -0.1) is 0 Å². The molecule has 1 fully saturated rings. The fourth-order valence-electron chi connectivity index (χ4n) is 4.27. The molecule has 1 aromatic heterocycles. The molecule has 0 spiro atoms.